The average Bonchev–Trinajstić information content (AvgIpc) is 2.87. The average molecular weight is 571 g/mol. The summed E-state index contributed by atoms with van der Waals surface area (Å²) in [5.41, 5.74) is 0.634. The van der Waals surface area contributed by atoms with Crippen LogP contribution in [-0.2, 0) is 14.3 Å². The number of fused-ring (bicyclic) bond motifs is 1. The fourth-order valence-corrected chi connectivity index (χ4v) is 8.04. The van der Waals surface area contributed by atoms with Gasteiger partial charge in [-0.15, -0.1) is 23.5 Å². The van der Waals surface area contributed by atoms with E-state index in [1.165, 1.54) is 38.5 Å². The molecule has 9 heteroatoms. The first-order valence-corrected chi connectivity index (χ1v) is 15.1. The first-order chi connectivity index (χ1) is 18.6. The highest BCUT2D eigenvalue weighted by Crippen LogP contribution is 2.46. The molecule has 2 aromatic rings. The standard InChI is InChI=1S/C30H34O7S2/c1-19(31)35-24-17-22(34-15-10-6-9-13-23-14-16-38-30(3,4)39-23)18-25-26(24)27(33)29(36-20(2)32)28(37-25)21-11-7-5-8-12-21/h7,11-12,17-18,23,28-29H,6,9-10,13-16H2,1-4H3. The van der Waals surface area contributed by atoms with Crippen LogP contribution in [0.1, 0.15) is 81.8 Å². The summed E-state index contributed by atoms with van der Waals surface area (Å²) in [4.78, 5) is 37.2. The molecule has 0 N–H and O–H groups in total. The Morgan fingerprint density at radius 1 is 1.13 bits per heavy atom. The van der Waals surface area contributed by atoms with Crippen LogP contribution in [0, 0.1) is 12.1 Å². The molecule has 3 atom stereocenters. The van der Waals surface area contributed by atoms with Crippen molar-refractivity contribution >= 4 is 41.2 Å². The molecule has 0 spiro atoms. The van der Waals surface area contributed by atoms with Crippen molar-refractivity contribution in [1.82, 2.24) is 0 Å². The number of thioether (sulfide) groups is 2. The number of unbranched alkanes of at least 4 members (excludes halogenated alkanes) is 2. The molecule has 1 fully saturated rings. The minimum Gasteiger partial charge on any atom is -0.493 e. The predicted molar refractivity (Wildman–Crippen MR) is 152 cm³/mol. The maximum absolute atomic E-state index is 13.5. The second-order valence-electron chi connectivity index (χ2n) is 10.1. The van der Waals surface area contributed by atoms with Gasteiger partial charge in [0.25, 0.3) is 0 Å². The molecule has 2 heterocycles. The Bertz CT molecular complexity index is 1180. The summed E-state index contributed by atoms with van der Waals surface area (Å²) in [5.74, 6) is 0.124. The topological polar surface area (TPSA) is 88.1 Å². The molecule has 0 amide bonds. The number of carbonyl (C=O) groups excluding carboxylic acids is 3. The van der Waals surface area contributed by atoms with Gasteiger partial charge in [0, 0.05) is 31.2 Å². The molecule has 208 valence electrons. The summed E-state index contributed by atoms with van der Waals surface area (Å²) in [6, 6.07) is 13.7. The summed E-state index contributed by atoms with van der Waals surface area (Å²) in [7, 11) is 0. The lowest BCUT2D eigenvalue weighted by Gasteiger charge is -2.34. The summed E-state index contributed by atoms with van der Waals surface area (Å²) < 4.78 is 23.2. The van der Waals surface area contributed by atoms with Crippen LogP contribution in [0.4, 0.5) is 0 Å². The number of hydrogen-bond donors (Lipinski definition) is 0. The number of rotatable bonds is 10. The second-order valence-corrected chi connectivity index (χ2v) is 14.0. The smallest absolute Gasteiger partial charge is 0.308 e. The van der Waals surface area contributed by atoms with Crippen molar-refractivity contribution in [2.24, 2.45) is 0 Å². The lowest BCUT2D eigenvalue weighted by Crippen LogP contribution is -2.40. The zero-order chi connectivity index (χ0) is 28.0. The zero-order valence-corrected chi connectivity index (χ0v) is 24.4. The lowest BCUT2D eigenvalue weighted by molar-refractivity contribution is -0.149. The molecule has 2 aliphatic heterocycles. The van der Waals surface area contributed by atoms with E-state index < -0.39 is 29.9 Å². The van der Waals surface area contributed by atoms with Crippen molar-refractivity contribution in [2.75, 3.05) is 12.4 Å². The van der Waals surface area contributed by atoms with E-state index in [1.807, 2.05) is 11.8 Å². The number of hydrogen-bond acceptors (Lipinski definition) is 9. The Hall–Kier alpha value is -2.65. The minimum atomic E-state index is -1.25. The van der Waals surface area contributed by atoms with Crippen LogP contribution in [0.3, 0.4) is 0 Å². The van der Waals surface area contributed by atoms with Gasteiger partial charge >= 0.3 is 11.9 Å². The molecule has 7 nitrogen and oxygen atoms in total. The summed E-state index contributed by atoms with van der Waals surface area (Å²) in [5, 5.41) is 0.715. The van der Waals surface area contributed by atoms with E-state index in [2.05, 4.69) is 37.7 Å². The molecule has 0 aromatic heterocycles. The largest absolute Gasteiger partial charge is 0.493 e. The highest BCUT2D eigenvalue weighted by atomic mass is 32.2. The van der Waals surface area contributed by atoms with Gasteiger partial charge in [-0.05, 0) is 62.6 Å². The van der Waals surface area contributed by atoms with Crippen molar-refractivity contribution in [3.63, 3.8) is 0 Å². The summed E-state index contributed by atoms with van der Waals surface area (Å²) in [6.45, 7) is 7.56. The van der Waals surface area contributed by atoms with Crippen LogP contribution >= 0.6 is 23.5 Å². The number of carbonyl (C=O) groups is 3. The Balaban J connectivity index is 1.45. The third kappa shape index (κ3) is 7.94. The Morgan fingerprint density at radius 3 is 2.64 bits per heavy atom. The monoisotopic (exact) mass is 570 g/mol. The molecule has 0 bridgehead atoms. The van der Waals surface area contributed by atoms with E-state index in [0.29, 0.717) is 27.2 Å². The molecule has 0 aliphatic carbocycles. The highest BCUT2D eigenvalue weighted by Gasteiger charge is 2.43. The van der Waals surface area contributed by atoms with Gasteiger partial charge in [-0.2, -0.15) is 0 Å². The first kappa shape index (κ1) is 29.3. The van der Waals surface area contributed by atoms with Crippen LogP contribution in [0.5, 0.6) is 17.2 Å². The van der Waals surface area contributed by atoms with Crippen LogP contribution < -0.4 is 14.2 Å². The normalized spacial score (nSPS) is 21.8. The molecule has 2 aromatic carbocycles. The number of ether oxygens (including phenoxy) is 4. The predicted octanol–water partition coefficient (Wildman–Crippen LogP) is 6.37. The SMILES string of the molecule is CC(=O)Oc1cc(OCCCCCC2CCSC(C)(C)S2)cc2c1C(=O)C(OC(C)=O)C(c1c[c][c]cc1)O2. The maximum Gasteiger partial charge on any atom is 0.308 e. The van der Waals surface area contributed by atoms with Crippen molar-refractivity contribution < 1.29 is 33.3 Å². The number of ketones is 1. The zero-order valence-electron chi connectivity index (χ0n) is 22.7. The summed E-state index contributed by atoms with van der Waals surface area (Å²) >= 11 is 4.13. The van der Waals surface area contributed by atoms with E-state index in [1.54, 1.807) is 24.3 Å². The van der Waals surface area contributed by atoms with E-state index in [0.717, 1.165) is 19.3 Å². The quantitative estimate of drug-likeness (QED) is 0.184. The number of benzene rings is 2. The Labute approximate surface area is 238 Å². The van der Waals surface area contributed by atoms with Crippen LogP contribution in [-0.4, -0.2) is 45.5 Å². The highest BCUT2D eigenvalue weighted by molar-refractivity contribution is 8.19. The van der Waals surface area contributed by atoms with Crippen molar-refractivity contribution in [3.8, 4) is 17.2 Å². The molecular formula is C30H34O7S2. The van der Waals surface area contributed by atoms with Crippen molar-refractivity contribution in [1.29, 1.82) is 0 Å². The Morgan fingerprint density at radius 2 is 1.95 bits per heavy atom. The van der Waals surface area contributed by atoms with Gasteiger partial charge in [0.1, 0.15) is 22.8 Å². The van der Waals surface area contributed by atoms with Gasteiger partial charge in [0.2, 0.25) is 11.9 Å². The molecular weight excluding hydrogens is 536 g/mol. The van der Waals surface area contributed by atoms with Crippen LogP contribution in [0.15, 0.2) is 30.3 Å². The molecule has 4 rings (SSSR count). The van der Waals surface area contributed by atoms with Gasteiger partial charge in [0.15, 0.2) is 6.10 Å². The summed E-state index contributed by atoms with van der Waals surface area (Å²) in [6.07, 6.45) is 3.39. The number of Topliss-reactive ketones (excluding diaryl/α,β-unsaturated/α-hetero) is 1. The molecule has 2 radical (unpaired) electrons. The van der Waals surface area contributed by atoms with Gasteiger partial charge < -0.3 is 18.9 Å². The van der Waals surface area contributed by atoms with Crippen LogP contribution in [0.25, 0.3) is 0 Å². The van der Waals surface area contributed by atoms with Gasteiger partial charge in [-0.1, -0.05) is 25.0 Å². The van der Waals surface area contributed by atoms with Gasteiger partial charge in [0.05, 0.1) is 10.7 Å². The fraction of sp³-hybridized carbons (Fsp3) is 0.500. The maximum atomic E-state index is 13.5. The van der Waals surface area contributed by atoms with Crippen molar-refractivity contribution in [3.05, 3.63) is 53.6 Å². The second kappa shape index (κ2) is 13.1. The molecule has 39 heavy (non-hydrogen) atoms. The molecule has 1 saturated heterocycles. The van der Waals surface area contributed by atoms with E-state index in [9.17, 15) is 14.4 Å². The molecule has 2 aliphatic rings. The van der Waals surface area contributed by atoms with Gasteiger partial charge in [-0.25, -0.2) is 0 Å². The third-order valence-corrected chi connectivity index (χ3v) is 9.56. The van der Waals surface area contributed by atoms with Gasteiger partial charge in [-0.3, -0.25) is 14.4 Å². The lowest BCUT2D eigenvalue weighted by atomic mass is 9.92. The molecule has 3 unspecified atom stereocenters. The van der Waals surface area contributed by atoms with E-state index in [4.69, 9.17) is 18.9 Å². The minimum absolute atomic E-state index is 0.0124. The van der Waals surface area contributed by atoms with Crippen molar-refractivity contribution in [2.45, 2.75) is 81.3 Å². The molecule has 0 saturated carbocycles. The van der Waals surface area contributed by atoms with Crippen LogP contribution in [0.2, 0.25) is 0 Å². The van der Waals surface area contributed by atoms with E-state index >= 15 is 0 Å². The fourth-order valence-electron chi connectivity index (χ4n) is 4.75. The first-order valence-electron chi connectivity index (χ1n) is 13.2. The number of esters is 2. The third-order valence-electron chi connectivity index (χ3n) is 6.41. The Kier molecular flexibility index (Phi) is 9.88. The van der Waals surface area contributed by atoms with E-state index in [-0.39, 0.29) is 17.1 Å².